The van der Waals surface area contributed by atoms with Crippen LogP contribution in [0.3, 0.4) is 0 Å². The second-order valence-corrected chi connectivity index (χ2v) is 4.92. The summed E-state index contributed by atoms with van der Waals surface area (Å²) in [6.45, 7) is 2.56. The Morgan fingerprint density at radius 2 is 2.09 bits per heavy atom. The van der Waals surface area contributed by atoms with Gasteiger partial charge in [0.05, 0.1) is 11.8 Å². The fourth-order valence-corrected chi connectivity index (χ4v) is 1.98. The average molecular weight is 341 g/mol. The molecule has 1 aromatic heterocycles. The molecule has 8 heteroatoms. The van der Waals surface area contributed by atoms with Crippen LogP contribution in [0.2, 0.25) is 0 Å². The number of nitrogens with one attached hydrogen (secondary N) is 2. The van der Waals surface area contributed by atoms with E-state index < -0.39 is 11.7 Å². The fraction of sp³-hybridized carbons (Fsp3) is 0.200. The third kappa shape index (κ3) is 4.82. The van der Waals surface area contributed by atoms with Crippen LogP contribution in [0.25, 0.3) is 11.3 Å². The first-order chi connectivity index (χ1) is 10.9. The van der Waals surface area contributed by atoms with Gasteiger partial charge in [0.25, 0.3) is 0 Å². The summed E-state index contributed by atoms with van der Waals surface area (Å²) in [5.74, 6) is 0.719. The molecule has 2 N–H and O–H groups in total. The van der Waals surface area contributed by atoms with Crippen LogP contribution in [-0.2, 0) is 6.18 Å². The maximum absolute atomic E-state index is 12.7. The summed E-state index contributed by atoms with van der Waals surface area (Å²) in [4.78, 5) is 0. The summed E-state index contributed by atoms with van der Waals surface area (Å²) in [5, 5.41) is 7.09. The molecule has 4 nitrogen and oxygen atoms in total. The number of hydrogen-bond acceptors (Lipinski definition) is 3. The Bertz CT molecular complexity index is 710. The zero-order chi connectivity index (χ0) is 16.9. The second kappa shape index (κ2) is 7.28. The van der Waals surface area contributed by atoms with Crippen LogP contribution in [-0.4, -0.2) is 17.9 Å². The lowest BCUT2D eigenvalue weighted by molar-refractivity contribution is -0.137. The highest BCUT2D eigenvalue weighted by Gasteiger charge is 2.30. The first kappa shape index (κ1) is 17.0. The number of halogens is 3. The lowest BCUT2D eigenvalue weighted by Gasteiger charge is -2.07. The van der Waals surface area contributed by atoms with Crippen molar-refractivity contribution in [2.75, 3.05) is 6.54 Å². The number of furan rings is 1. The summed E-state index contributed by atoms with van der Waals surface area (Å²) >= 11 is 4.93. The number of rotatable bonds is 4. The molecule has 1 heterocycles. The van der Waals surface area contributed by atoms with E-state index in [4.69, 9.17) is 16.6 Å². The van der Waals surface area contributed by atoms with Gasteiger partial charge in [-0.15, -0.1) is 0 Å². The van der Waals surface area contributed by atoms with Crippen LogP contribution < -0.4 is 10.7 Å². The Morgan fingerprint density at radius 3 is 2.78 bits per heavy atom. The van der Waals surface area contributed by atoms with E-state index in [2.05, 4.69) is 15.8 Å². The van der Waals surface area contributed by atoms with Gasteiger partial charge in [-0.05, 0) is 43.4 Å². The normalized spacial score (nSPS) is 11.7. The van der Waals surface area contributed by atoms with Crippen LogP contribution in [0.1, 0.15) is 18.2 Å². The Labute approximate surface area is 136 Å². The fourth-order valence-electron chi connectivity index (χ4n) is 1.78. The Kier molecular flexibility index (Phi) is 5.38. The molecule has 0 atom stereocenters. The molecule has 0 saturated heterocycles. The molecule has 23 heavy (non-hydrogen) atoms. The highest BCUT2D eigenvalue weighted by molar-refractivity contribution is 7.80. The number of alkyl halides is 3. The van der Waals surface area contributed by atoms with Gasteiger partial charge in [0.1, 0.15) is 11.5 Å². The highest BCUT2D eigenvalue weighted by atomic mass is 32.1. The van der Waals surface area contributed by atoms with Gasteiger partial charge in [0.15, 0.2) is 5.11 Å². The average Bonchev–Trinajstić information content (AvgIpc) is 2.96. The quantitative estimate of drug-likeness (QED) is 0.505. The topological polar surface area (TPSA) is 49.6 Å². The Balaban J connectivity index is 2.10. The summed E-state index contributed by atoms with van der Waals surface area (Å²) in [7, 11) is 0. The molecule has 2 rings (SSSR count). The zero-order valence-electron chi connectivity index (χ0n) is 12.1. The van der Waals surface area contributed by atoms with E-state index in [9.17, 15) is 13.2 Å². The van der Waals surface area contributed by atoms with E-state index in [0.29, 0.717) is 28.7 Å². The first-order valence-electron chi connectivity index (χ1n) is 6.74. The van der Waals surface area contributed by atoms with Crippen molar-refractivity contribution in [3.8, 4) is 11.3 Å². The van der Waals surface area contributed by atoms with Gasteiger partial charge < -0.3 is 9.73 Å². The summed E-state index contributed by atoms with van der Waals surface area (Å²) in [6.07, 6.45) is -3.00. The third-order valence-electron chi connectivity index (χ3n) is 2.80. The largest absolute Gasteiger partial charge is 0.455 e. The maximum atomic E-state index is 12.7. The number of thiocarbonyl (C=S) groups is 1. The van der Waals surface area contributed by atoms with Gasteiger partial charge in [-0.25, -0.2) is 0 Å². The Hall–Kier alpha value is -2.35. The molecule has 2 aromatic rings. The predicted octanol–water partition coefficient (Wildman–Crippen LogP) is 3.78. The smallest absolute Gasteiger partial charge is 0.416 e. The summed E-state index contributed by atoms with van der Waals surface area (Å²) in [6, 6.07) is 8.13. The van der Waals surface area contributed by atoms with E-state index in [1.54, 1.807) is 18.2 Å². The molecule has 0 radical (unpaired) electrons. The lowest BCUT2D eigenvalue weighted by atomic mass is 10.1. The van der Waals surface area contributed by atoms with Gasteiger partial charge in [0, 0.05) is 12.1 Å². The van der Waals surface area contributed by atoms with Crippen LogP contribution in [0.5, 0.6) is 0 Å². The molecule has 122 valence electrons. The van der Waals surface area contributed by atoms with Gasteiger partial charge >= 0.3 is 6.18 Å². The van der Waals surface area contributed by atoms with Crippen LogP contribution in [0, 0.1) is 0 Å². The zero-order valence-corrected chi connectivity index (χ0v) is 13.0. The van der Waals surface area contributed by atoms with Gasteiger partial charge in [-0.3, -0.25) is 5.43 Å². The van der Waals surface area contributed by atoms with Gasteiger partial charge in [-0.1, -0.05) is 12.1 Å². The van der Waals surface area contributed by atoms with Crippen LogP contribution in [0.15, 0.2) is 45.9 Å². The van der Waals surface area contributed by atoms with E-state index in [-0.39, 0.29) is 0 Å². The molecule has 0 fully saturated rings. The van der Waals surface area contributed by atoms with Crippen molar-refractivity contribution in [1.82, 2.24) is 10.7 Å². The minimum absolute atomic E-state index is 0.326. The Morgan fingerprint density at radius 1 is 1.30 bits per heavy atom. The molecule has 0 saturated carbocycles. The molecular weight excluding hydrogens is 327 g/mol. The standard InChI is InChI=1S/C15H14F3N3OS/c1-2-19-14(23)21-20-9-12-6-7-13(22-12)10-4-3-5-11(8-10)15(16,17)18/h3-9H,2H2,1H3,(H2,19,21,23)/b20-9-. The van der Waals surface area contributed by atoms with Gasteiger partial charge in [0.2, 0.25) is 0 Å². The lowest BCUT2D eigenvalue weighted by Crippen LogP contribution is -2.31. The van der Waals surface area contributed by atoms with Crippen LogP contribution in [0.4, 0.5) is 13.2 Å². The van der Waals surface area contributed by atoms with Crippen molar-refractivity contribution in [2.24, 2.45) is 5.10 Å². The number of hydrazone groups is 1. The van der Waals surface area contributed by atoms with E-state index >= 15 is 0 Å². The summed E-state index contributed by atoms with van der Waals surface area (Å²) < 4.78 is 43.6. The van der Waals surface area contributed by atoms with Crippen molar-refractivity contribution in [2.45, 2.75) is 13.1 Å². The monoisotopic (exact) mass is 341 g/mol. The molecule has 0 aliphatic heterocycles. The van der Waals surface area contributed by atoms with Crippen molar-refractivity contribution in [3.63, 3.8) is 0 Å². The van der Waals surface area contributed by atoms with E-state index in [1.165, 1.54) is 12.3 Å². The molecule has 0 bridgehead atoms. The first-order valence-corrected chi connectivity index (χ1v) is 7.15. The minimum Gasteiger partial charge on any atom is -0.455 e. The number of nitrogens with zero attached hydrogens (tertiary/aromatic N) is 1. The van der Waals surface area contributed by atoms with Gasteiger partial charge in [-0.2, -0.15) is 18.3 Å². The second-order valence-electron chi connectivity index (χ2n) is 4.51. The van der Waals surface area contributed by atoms with Crippen molar-refractivity contribution in [1.29, 1.82) is 0 Å². The van der Waals surface area contributed by atoms with E-state index in [1.807, 2.05) is 6.92 Å². The number of benzene rings is 1. The maximum Gasteiger partial charge on any atom is 0.416 e. The molecular formula is C15H14F3N3OS. The SMILES string of the molecule is CCNC(=S)N/N=C\c1ccc(-c2cccc(C(F)(F)F)c2)o1. The van der Waals surface area contributed by atoms with Crippen LogP contribution >= 0.6 is 12.2 Å². The molecule has 1 aromatic carbocycles. The molecule has 0 amide bonds. The van der Waals surface area contributed by atoms with Crippen molar-refractivity contribution < 1.29 is 17.6 Å². The van der Waals surface area contributed by atoms with Crippen molar-refractivity contribution >= 4 is 23.5 Å². The van der Waals surface area contributed by atoms with E-state index in [0.717, 1.165) is 12.1 Å². The predicted molar refractivity (Wildman–Crippen MR) is 86.2 cm³/mol. The molecule has 0 spiro atoms. The van der Waals surface area contributed by atoms with Crippen molar-refractivity contribution in [3.05, 3.63) is 47.7 Å². The molecule has 0 aliphatic rings. The summed E-state index contributed by atoms with van der Waals surface area (Å²) in [5.41, 5.74) is 2.21. The molecule has 0 aliphatic carbocycles. The highest BCUT2D eigenvalue weighted by Crippen LogP contribution is 2.32. The molecule has 0 unspecified atom stereocenters. The third-order valence-corrected chi connectivity index (χ3v) is 3.03. The minimum atomic E-state index is -4.39. The number of hydrogen-bond donors (Lipinski definition) is 2.